The average Bonchev–Trinajstić information content (AvgIpc) is 2.89. The molecule has 0 bridgehead atoms. The first-order valence-electron chi connectivity index (χ1n) is 5.07. The summed E-state index contributed by atoms with van der Waals surface area (Å²) in [7, 11) is 1.82. The van der Waals surface area contributed by atoms with Crippen LogP contribution < -0.4 is 5.32 Å². The molecule has 0 aliphatic heterocycles. The molecule has 90 valence electrons. The van der Waals surface area contributed by atoms with Crippen molar-refractivity contribution in [3.05, 3.63) is 23.6 Å². The highest BCUT2D eigenvalue weighted by Crippen LogP contribution is 2.25. The number of aryl methyl sites for hydroxylation is 1. The molecule has 2 aromatic heterocycles. The Kier molecular flexibility index (Phi) is 3.38. The largest absolute Gasteiger partial charge is 0.461 e. The van der Waals surface area contributed by atoms with Gasteiger partial charge in [0.15, 0.2) is 5.69 Å². The van der Waals surface area contributed by atoms with Gasteiger partial charge in [-0.3, -0.25) is 4.68 Å². The number of nitrogens with one attached hydrogen (secondary N) is 1. The molecular weight excluding hydrogens is 240 g/mol. The molecule has 0 radical (unpaired) electrons. The first-order chi connectivity index (χ1) is 8.20. The lowest BCUT2D eigenvalue weighted by molar-refractivity contribution is 0.0521. The summed E-state index contributed by atoms with van der Waals surface area (Å²) in [5.74, 6) is -0.417. The minimum Gasteiger partial charge on any atom is -0.461 e. The second kappa shape index (κ2) is 4.96. The number of thiazole rings is 1. The summed E-state index contributed by atoms with van der Waals surface area (Å²) in [6, 6.07) is 0. The van der Waals surface area contributed by atoms with E-state index < -0.39 is 5.97 Å². The van der Waals surface area contributed by atoms with Gasteiger partial charge in [0.05, 0.1) is 24.0 Å². The zero-order valence-corrected chi connectivity index (χ0v) is 10.3. The highest BCUT2D eigenvalue weighted by molar-refractivity contribution is 7.14. The molecule has 1 N–H and O–H groups in total. The normalized spacial score (nSPS) is 10.2. The first kappa shape index (κ1) is 11.6. The van der Waals surface area contributed by atoms with E-state index in [9.17, 15) is 4.79 Å². The third-order valence-corrected chi connectivity index (χ3v) is 2.74. The van der Waals surface area contributed by atoms with Gasteiger partial charge in [-0.1, -0.05) is 0 Å². The van der Waals surface area contributed by atoms with Gasteiger partial charge in [-0.2, -0.15) is 5.10 Å². The summed E-state index contributed by atoms with van der Waals surface area (Å²) in [6.07, 6.45) is 3.49. The second-order valence-corrected chi connectivity index (χ2v) is 4.13. The Labute approximate surface area is 102 Å². The van der Waals surface area contributed by atoms with Gasteiger partial charge in [0.2, 0.25) is 0 Å². The van der Waals surface area contributed by atoms with Crippen LogP contribution in [-0.2, 0) is 11.8 Å². The van der Waals surface area contributed by atoms with Crippen LogP contribution in [0.1, 0.15) is 17.4 Å². The monoisotopic (exact) mass is 252 g/mol. The van der Waals surface area contributed by atoms with Crippen molar-refractivity contribution in [2.75, 3.05) is 11.9 Å². The van der Waals surface area contributed by atoms with Crippen LogP contribution in [0, 0.1) is 0 Å². The number of esters is 1. The van der Waals surface area contributed by atoms with Crippen LogP contribution in [0.3, 0.4) is 0 Å². The summed E-state index contributed by atoms with van der Waals surface area (Å²) >= 11 is 1.35. The quantitative estimate of drug-likeness (QED) is 0.840. The van der Waals surface area contributed by atoms with Crippen LogP contribution in [0.4, 0.5) is 10.7 Å². The van der Waals surface area contributed by atoms with Crippen molar-refractivity contribution in [1.29, 1.82) is 0 Å². The lowest BCUT2D eigenvalue weighted by Crippen LogP contribution is -2.07. The Balaban J connectivity index is 2.16. The predicted molar refractivity (Wildman–Crippen MR) is 64.6 cm³/mol. The minimum atomic E-state index is -0.417. The molecule has 0 fully saturated rings. The van der Waals surface area contributed by atoms with Crippen LogP contribution in [0.2, 0.25) is 0 Å². The van der Waals surface area contributed by atoms with E-state index in [4.69, 9.17) is 4.74 Å². The number of carbonyl (C=O) groups is 1. The van der Waals surface area contributed by atoms with Crippen molar-refractivity contribution >= 4 is 28.0 Å². The van der Waals surface area contributed by atoms with Gasteiger partial charge in [0.1, 0.15) is 5.00 Å². The summed E-state index contributed by atoms with van der Waals surface area (Å²) in [4.78, 5) is 15.6. The lowest BCUT2D eigenvalue weighted by atomic mass is 10.4. The summed E-state index contributed by atoms with van der Waals surface area (Å²) in [6.45, 7) is 2.10. The van der Waals surface area contributed by atoms with Crippen molar-refractivity contribution < 1.29 is 9.53 Å². The van der Waals surface area contributed by atoms with Crippen molar-refractivity contribution in [3.8, 4) is 0 Å². The van der Waals surface area contributed by atoms with E-state index in [1.165, 1.54) is 11.3 Å². The molecule has 2 rings (SSSR count). The molecule has 17 heavy (non-hydrogen) atoms. The smallest absolute Gasteiger partial charge is 0.360 e. The van der Waals surface area contributed by atoms with E-state index in [0.29, 0.717) is 17.3 Å². The Morgan fingerprint density at radius 1 is 1.65 bits per heavy atom. The van der Waals surface area contributed by atoms with Crippen LogP contribution in [-0.4, -0.2) is 27.3 Å². The van der Waals surface area contributed by atoms with E-state index in [1.807, 2.05) is 13.2 Å². The van der Waals surface area contributed by atoms with Crippen LogP contribution in [0.5, 0.6) is 0 Å². The number of carbonyl (C=O) groups excluding carboxylic acids is 1. The molecule has 0 saturated heterocycles. The Hall–Kier alpha value is -1.89. The van der Waals surface area contributed by atoms with Gasteiger partial charge in [-0.25, -0.2) is 9.78 Å². The number of hydrogen-bond donors (Lipinski definition) is 1. The van der Waals surface area contributed by atoms with Crippen LogP contribution in [0.15, 0.2) is 17.9 Å². The van der Waals surface area contributed by atoms with Gasteiger partial charge >= 0.3 is 5.97 Å². The van der Waals surface area contributed by atoms with Gasteiger partial charge in [0, 0.05) is 13.2 Å². The zero-order chi connectivity index (χ0) is 12.3. The Morgan fingerprint density at radius 2 is 2.47 bits per heavy atom. The maximum atomic E-state index is 11.6. The molecular formula is C10H12N4O2S. The van der Waals surface area contributed by atoms with Crippen molar-refractivity contribution in [2.45, 2.75) is 6.92 Å². The third-order valence-electron chi connectivity index (χ3n) is 2.00. The van der Waals surface area contributed by atoms with E-state index in [2.05, 4.69) is 15.4 Å². The van der Waals surface area contributed by atoms with Gasteiger partial charge in [0.25, 0.3) is 0 Å². The van der Waals surface area contributed by atoms with E-state index in [1.54, 1.807) is 23.3 Å². The van der Waals surface area contributed by atoms with Crippen molar-refractivity contribution in [1.82, 2.24) is 14.8 Å². The molecule has 0 aliphatic carbocycles. The molecule has 6 nitrogen and oxygen atoms in total. The van der Waals surface area contributed by atoms with Crippen molar-refractivity contribution in [3.63, 3.8) is 0 Å². The van der Waals surface area contributed by atoms with E-state index in [-0.39, 0.29) is 0 Å². The number of nitrogens with zero attached hydrogens (tertiary/aromatic N) is 3. The van der Waals surface area contributed by atoms with Crippen molar-refractivity contribution in [2.24, 2.45) is 7.05 Å². The fourth-order valence-corrected chi connectivity index (χ4v) is 1.98. The maximum Gasteiger partial charge on any atom is 0.360 e. The summed E-state index contributed by atoms with van der Waals surface area (Å²) < 4.78 is 6.59. The molecule has 0 atom stereocenters. The number of ether oxygens (including phenoxy) is 1. The topological polar surface area (TPSA) is 69.0 Å². The number of aromatic nitrogens is 3. The SMILES string of the molecule is CCOC(=O)c1ncsc1Nc1cnn(C)c1. The molecule has 2 heterocycles. The van der Waals surface area contributed by atoms with Gasteiger partial charge in [-0.15, -0.1) is 11.3 Å². The maximum absolute atomic E-state index is 11.6. The molecule has 2 aromatic rings. The molecule has 7 heteroatoms. The first-order valence-corrected chi connectivity index (χ1v) is 5.95. The second-order valence-electron chi connectivity index (χ2n) is 3.28. The molecule has 0 aromatic carbocycles. The molecule has 0 amide bonds. The minimum absolute atomic E-state index is 0.306. The van der Waals surface area contributed by atoms with Crippen LogP contribution >= 0.6 is 11.3 Å². The fourth-order valence-electron chi connectivity index (χ4n) is 1.30. The molecule has 0 aliphatic rings. The number of anilines is 2. The number of hydrogen-bond acceptors (Lipinski definition) is 6. The van der Waals surface area contributed by atoms with Gasteiger partial charge < -0.3 is 10.1 Å². The van der Waals surface area contributed by atoms with Crippen LogP contribution in [0.25, 0.3) is 0 Å². The standard InChI is InChI=1S/C10H12N4O2S/c1-3-16-10(15)8-9(17-6-11-8)13-7-4-12-14(2)5-7/h4-6,13H,3H2,1-2H3. The summed E-state index contributed by atoms with van der Waals surface area (Å²) in [5.41, 5.74) is 2.72. The molecule has 0 saturated carbocycles. The van der Waals surface area contributed by atoms with Gasteiger partial charge in [-0.05, 0) is 6.92 Å². The number of rotatable bonds is 4. The molecule has 0 unspecified atom stereocenters. The summed E-state index contributed by atoms with van der Waals surface area (Å²) in [5, 5.41) is 7.78. The Morgan fingerprint density at radius 3 is 3.12 bits per heavy atom. The van der Waals surface area contributed by atoms with E-state index >= 15 is 0 Å². The Bertz CT molecular complexity index is 520. The van der Waals surface area contributed by atoms with E-state index in [0.717, 1.165) is 5.69 Å². The zero-order valence-electron chi connectivity index (χ0n) is 9.51. The highest BCUT2D eigenvalue weighted by atomic mass is 32.1. The highest BCUT2D eigenvalue weighted by Gasteiger charge is 2.16. The predicted octanol–water partition coefficient (Wildman–Crippen LogP) is 1.80. The molecule has 0 spiro atoms. The lowest BCUT2D eigenvalue weighted by Gasteiger charge is -2.03. The average molecular weight is 252 g/mol. The fraction of sp³-hybridized carbons (Fsp3) is 0.300. The third kappa shape index (κ3) is 2.62.